The molecule has 0 amide bonds. The van der Waals surface area contributed by atoms with Crippen molar-refractivity contribution in [2.45, 2.75) is 26.2 Å². The molecule has 3 aromatic rings. The van der Waals surface area contributed by atoms with Crippen LogP contribution in [0.15, 0.2) is 59.1 Å². The van der Waals surface area contributed by atoms with Crippen LogP contribution in [-0.2, 0) is 12.8 Å². The number of hydrogen-bond donors (Lipinski definition) is 0. The molecule has 0 aromatic heterocycles. The summed E-state index contributed by atoms with van der Waals surface area (Å²) in [6.45, 7) is 2.03. The van der Waals surface area contributed by atoms with Crippen LogP contribution >= 0.6 is 15.9 Å². The number of Topliss-reactive ketones (excluding diaryl/α,β-unsaturated/α-hetero) is 1. The molecule has 0 heterocycles. The van der Waals surface area contributed by atoms with E-state index in [1.807, 2.05) is 25.1 Å². The van der Waals surface area contributed by atoms with Crippen molar-refractivity contribution >= 4 is 33.9 Å². The Labute approximate surface area is 173 Å². The SMILES string of the molecule is Cc1cccc(C(=O)C2C=c3c(ccc4c3=CCc3ccccc3-4)CC2)c1Br. The van der Waals surface area contributed by atoms with Crippen LogP contribution in [0.2, 0.25) is 0 Å². The molecular weight excluding hydrogens is 408 g/mol. The van der Waals surface area contributed by atoms with E-state index in [1.165, 1.54) is 32.7 Å². The van der Waals surface area contributed by atoms with E-state index in [1.54, 1.807) is 0 Å². The Morgan fingerprint density at radius 1 is 0.929 bits per heavy atom. The van der Waals surface area contributed by atoms with Crippen molar-refractivity contribution in [3.63, 3.8) is 0 Å². The number of benzene rings is 3. The highest BCUT2D eigenvalue weighted by atomic mass is 79.9. The normalized spacial score (nSPS) is 16.9. The van der Waals surface area contributed by atoms with E-state index in [9.17, 15) is 4.79 Å². The molecule has 2 aliphatic carbocycles. The molecule has 0 spiro atoms. The smallest absolute Gasteiger partial charge is 0.170 e. The van der Waals surface area contributed by atoms with Crippen LogP contribution in [0.5, 0.6) is 0 Å². The maximum absolute atomic E-state index is 13.3. The quantitative estimate of drug-likeness (QED) is 0.525. The molecule has 0 aliphatic heterocycles. The minimum atomic E-state index is -0.0670. The Kier molecular flexibility index (Phi) is 4.32. The second kappa shape index (κ2) is 6.86. The first-order chi connectivity index (χ1) is 13.6. The highest BCUT2D eigenvalue weighted by molar-refractivity contribution is 9.10. The number of carbonyl (C=O) groups excluding carboxylic acids is 1. The third kappa shape index (κ3) is 2.79. The third-order valence-corrected chi connectivity index (χ3v) is 7.15. The number of hydrogen-bond acceptors (Lipinski definition) is 1. The third-order valence-electron chi connectivity index (χ3n) is 6.10. The van der Waals surface area contributed by atoms with Crippen molar-refractivity contribution < 1.29 is 4.79 Å². The molecule has 138 valence electrons. The summed E-state index contributed by atoms with van der Waals surface area (Å²) in [6.07, 6.45) is 7.34. The first-order valence-electron chi connectivity index (χ1n) is 9.85. The summed E-state index contributed by atoms with van der Waals surface area (Å²) in [5.41, 5.74) is 7.25. The van der Waals surface area contributed by atoms with Gasteiger partial charge in [-0.2, -0.15) is 0 Å². The number of halogens is 1. The van der Waals surface area contributed by atoms with Crippen LogP contribution in [0.1, 0.15) is 33.5 Å². The fourth-order valence-electron chi connectivity index (χ4n) is 4.56. The Morgan fingerprint density at radius 2 is 1.79 bits per heavy atom. The summed E-state index contributed by atoms with van der Waals surface area (Å²) < 4.78 is 0.926. The van der Waals surface area contributed by atoms with Crippen LogP contribution in [0, 0.1) is 12.8 Å². The fraction of sp³-hybridized carbons (Fsp3) is 0.192. The highest BCUT2D eigenvalue weighted by Gasteiger charge is 2.24. The number of rotatable bonds is 2. The Bertz CT molecular complexity index is 1240. The number of carbonyl (C=O) groups is 1. The molecule has 2 heteroatoms. The van der Waals surface area contributed by atoms with Gasteiger partial charge in [0.25, 0.3) is 0 Å². The fourth-order valence-corrected chi connectivity index (χ4v) is 5.02. The average Bonchev–Trinajstić information content (AvgIpc) is 2.74. The summed E-state index contributed by atoms with van der Waals surface area (Å²) >= 11 is 3.62. The minimum Gasteiger partial charge on any atom is -0.293 e. The van der Waals surface area contributed by atoms with E-state index < -0.39 is 0 Å². The van der Waals surface area contributed by atoms with Crippen LogP contribution in [0.4, 0.5) is 0 Å². The van der Waals surface area contributed by atoms with E-state index in [4.69, 9.17) is 0 Å². The molecule has 2 aliphatic rings. The van der Waals surface area contributed by atoms with E-state index in [0.717, 1.165) is 34.9 Å². The van der Waals surface area contributed by atoms with Gasteiger partial charge in [0.05, 0.1) is 0 Å². The standard InChI is InChI=1S/C26H21BrO/c1-16-5-4-8-23(25(16)27)26(28)19-10-9-18-12-13-21-20-7-3-2-6-17(20)11-14-22(21)24(18)15-19/h2-8,12-15,19H,9-11H2,1H3. The molecule has 1 nitrogen and oxygen atoms in total. The molecule has 3 aromatic carbocycles. The van der Waals surface area contributed by atoms with Crippen LogP contribution in [0.3, 0.4) is 0 Å². The summed E-state index contributed by atoms with van der Waals surface area (Å²) in [5, 5.41) is 2.57. The average molecular weight is 429 g/mol. The lowest BCUT2D eigenvalue weighted by atomic mass is 9.82. The molecule has 0 saturated carbocycles. The first-order valence-corrected chi connectivity index (χ1v) is 10.6. The largest absolute Gasteiger partial charge is 0.293 e. The lowest BCUT2D eigenvalue weighted by Crippen LogP contribution is -2.37. The first kappa shape index (κ1) is 17.6. The van der Waals surface area contributed by atoms with Crippen molar-refractivity contribution in [1.82, 2.24) is 0 Å². The van der Waals surface area contributed by atoms with Crippen LogP contribution in [-0.4, -0.2) is 5.78 Å². The molecule has 1 atom stereocenters. The van der Waals surface area contributed by atoms with E-state index in [-0.39, 0.29) is 11.7 Å². The van der Waals surface area contributed by atoms with Crippen molar-refractivity contribution in [2.24, 2.45) is 5.92 Å². The Morgan fingerprint density at radius 3 is 2.68 bits per heavy atom. The van der Waals surface area contributed by atoms with Gasteiger partial charge in [-0.3, -0.25) is 4.79 Å². The van der Waals surface area contributed by atoms with Gasteiger partial charge in [0, 0.05) is 16.0 Å². The lowest BCUT2D eigenvalue weighted by molar-refractivity contribution is 0.0946. The predicted molar refractivity (Wildman–Crippen MR) is 119 cm³/mol. The topological polar surface area (TPSA) is 17.1 Å². The van der Waals surface area contributed by atoms with Crippen molar-refractivity contribution in [2.75, 3.05) is 0 Å². The van der Waals surface area contributed by atoms with Gasteiger partial charge in [-0.15, -0.1) is 0 Å². The van der Waals surface area contributed by atoms with Gasteiger partial charge in [-0.25, -0.2) is 0 Å². The number of aryl methyl sites for hydroxylation is 2. The van der Waals surface area contributed by atoms with Gasteiger partial charge in [-0.05, 0) is 80.4 Å². The molecule has 0 saturated heterocycles. The molecule has 0 radical (unpaired) electrons. The Hall–Kier alpha value is -2.45. The molecule has 0 bridgehead atoms. The van der Waals surface area contributed by atoms with E-state index in [0.29, 0.717) is 0 Å². The second-order valence-electron chi connectivity index (χ2n) is 7.78. The molecule has 0 N–H and O–H groups in total. The zero-order valence-electron chi connectivity index (χ0n) is 15.8. The minimum absolute atomic E-state index is 0.0670. The second-order valence-corrected chi connectivity index (χ2v) is 8.57. The molecule has 0 fully saturated rings. The summed E-state index contributed by atoms with van der Waals surface area (Å²) in [6, 6.07) is 19.1. The van der Waals surface area contributed by atoms with Gasteiger partial charge in [0.15, 0.2) is 5.78 Å². The zero-order chi connectivity index (χ0) is 19.3. The van der Waals surface area contributed by atoms with Gasteiger partial charge >= 0.3 is 0 Å². The maximum atomic E-state index is 13.3. The summed E-state index contributed by atoms with van der Waals surface area (Å²) in [4.78, 5) is 13.3. The van der Waals surface area contributed by atoms with Crippen molar-refractivity contribution in [3.8, 4) is 11.1 Å². The van der Waals surface area contributed by atoms with E-state index >= 15 is 0 Å². The maximum Gasteiger partial charge on any atom is 0.170 e. The molecule has 28 heavy (non-hydrogen) atoms. The van der Waals surface area contributed by atoms with E-state index in [2.05, 4.69) is 64.5 Å². The van der Waals surface area contributed by atoms with Crippen molar-refractivity contribution in [3.05, 3.63) is 91.8 Å². The number of fused-ring (bicyclic) bond motifs is 5. The van der Waals surface area contributed by atoms with Crippen LogP contribution in [0.25, 0.3) is 23.3 Å². The summed E-state index contributed by atoms with van der Waals surface area (Å²) in [7, 11) is 0. The lowest BCUT2D eigenvalue weighted by Gasteiger charge is -2.22. The van der Waals surface area contributed by atoms with Crippen molar-refractivity contribution in [1.29, 1.82) is 0 Å². The number of ketones is 1. The van der Waals surface area contributed by atoms with Gasteiger partial charge in [0.2, 0.25) is 0 Å². The monoisotopic (exact) mass is 428 g/mol. The van der Waals surface area contributed by atoms with Crippen LogP contribution < -0.4 is 10.4 Å². The zero-order valence-corrected chi connectivity index (χ0v) is 17.4. The Balaban J connectivity index is 1.64. The predicted octanol–water partition coefficient (Wildman–Crippen LogP) is 4.99. The van der Waals surface area contributed by atoms with Gasteiger partial charge in [-0.1, -0.05) is 66.7 Å². The molecular formula is C26H21BrO. The molecule has 1 unspecified atom stereocenters. The highest BCUT2D eigenvalue weighted by Crippen LogP contribution is 2.28. The molecule has 5 rings (SSSR count). The van der Waals surface area contributed by atoms with Gasteiger partial charge < -0.3 is 0 Å². The summed E-state index contributed by atoms with van der Waals surface area (Å²) in [5.74, 6) is 0.151. The van der Waals surface area contributed by atoms with Gasteiger partial charge in [0.1, 0.15) is 0 Å².